The Morgan fingerprint density at radius 2 is 1.53 bits per heavy atom. The van der Waals surface area contributed by atoms with Crippen LogP contribution in [0.3, 0.4) is 0 Å². The average molecular weight is 703 g/mol. The number of likely N-dealkylation sites (tertiary alicyclic amines) is 1. The highest BCUT2D eigenvalue weighted by Crippen LogP contribution is 2.39. The maximum atomic E-state index is 5.74. The Morgan fingerprint density at radius 1 is 0.980 bits per heavy atom. The second-order valence-corrected chi connectivity index (χ2v) is 15.9. The summed E-state index contributed by atoms with van der Waals surface area (Å²) in [4.78, 5) is 2.37. The van der Waals surface area contributed by atoms with E-state index in [1.807, 2.05) is 13.8 Å². The van der Waals surface area contributed by atoms with Gasteiger partial charge in [-0.15, -0.1) is 12.1 Å². The number of unbranched alkanes of at least 4 members (excludes halogenated alkanes) is 2. The molecular formula is C45H81BN5. The molecule has 2 unspecified atom stereocenters. The molecule has 1 aromatic carbocycles. The second-order valence-electron chi connectivity index (χ2n) is 15.9. The van der Waals surface area contributed by atoms with Crippen molar-refractivity contribution >= 4 is 13.0 Å². The standard InChI is InChI=1S/C36H58BN4.C5H12.C2H5N.C2H6/c1-11-32-18-20-33(21-19-32)40-29(8)34(17-15-22-39-31(10)38)36(26(4)5)37-27(6)16-13-12-14-23-41-28(7)24-35(25(2)3)30(41)9;1-5(2,3)4;1-2-3;1-2/h18-21,25-26,34-36,39-40H,6-17,22-24,38H2,1-5H3;1-4H3;2H,1,3H2;1-2H3/t34-,35?,36?;;;/m0.../s1. The molecule has 3 atom stereocenters. The van der Waals surface area contributed by atoms with Crippen molar-refractivity contribution in [3.05, 3.63) is 104 Å². The molecule has 1 radical (unpaired) electrons. The lowest BCUT2D eigenvalue weighted by molar-refractivity contribution is 0.396. The van der Waals surface area contributed by atoms with Gasteiger partial charge in [0.15, 0.2) is 0 Å². The molecule has 1 aliphatic heterocycles. The van der Waals surface area contributed by atoms with Crippen LogP contribution >= 0.6 is 0 Å². The van der Waals surface area contributed by atoms with Crippen molar-refractivity contribution in [2.45, 2.75) is 133 Å². The maximum absolute atomic E-state index is 5.74. The molecule has 289 valence electrons. The van der Waals surface area contributed by atoms with Crippen molar-refractivity contribution < 1.29 is 0 Å². The number of hydrogen-bond acceptors (Lipinski definition) is 5. The third-order valence-electron chi connectivity index (χ3n) is 8.62. The summed E-state index contributed by atoms with van der Waals surface area (Å²) < 4.78 is 0. The summed E-state index contributed by atoms with van der Waals surface area (Å²) in [7, 11) is 2.43. The first kappa shape index (κ1) is 49.8. The van der Waals surface area contributed by atoms with E-state index in [0.717, 1.165) is 69.4 Å². The number of anilines is 1. The molecular weight excluding hydrogens is 621 g/mol. The molecule has 1 aromatic rings. The fourth-order valence-electron chi connectivity index (χ4n) is 6.01. The van der Waals surface area contributed by atoms with E-state index < -0.39 is 0 Å². The van der Waals surface area contributed by atoms with Gasteiger partial charge in [0.1, 0.15) is 7.28 Å². The fraction of sp³-hybridized carbons (Fsp3) is 0.600. The van der Waals surface area contributed by atoms with Crippen LogP contribution in [0.1, 0.15) is 127 Å². The zero-order valence-corrected chi connectivity index (χ0v) is 35.3. The Kier molecular flexibility index (Phi) is 26.8. The zero-order valence-electron chi connectivity index (χ0n) is 35.3. The lowest BCUT2D eigenvalue weighted by atomic mass is 9.49. The third kappa shape index (κ3) is 23.0. The van der Waals surface area contributed by atoms with Crippen molar-refractivity contribution in [1.82, 2.24) is 10.2 Å². The smallest absolute Gasteiger partial charge is 0.149 e. The van der Waals surface area contributed by atoms with E-state index in [1.165, 1.54) is 35.1 Å². The van der Waals surface area contributed by atoms with Gasteiger partial charge in [-0.1, -0.05) is 146 Å². The molecule has 5 nitrogen and oxygen atoms in total. The number of hydrogen-bond donors (Lipinski definition) is 4. The number of nitrogens with zero attached hydrogens (tertiary/aromatic N) is 1. The molecule has 6 heteroatoms. The van der Waals surface area contributed by atoms with Crippen molar-refractivity contribution in [2.75, 3.05) is 18.4 Å². The molecule has 0 amide bonds. The first-order valence-corrected chi connectivity index (χ1v) is 19.6. The van der Waals surface area contributed by atoms with Gasteiger partial charge in [-0.2, -0.15) is 0 Å². The van der Waals surface area contributed by atoms with Crippen molar-refractivity contribution in [3.8, 4) is 0 Å². The SMILES string of the molecule is C=C([B]C(C(C)C)[C@@H](CCCNC(=C)N)C(=C)Nc1ccc(CC)cc1)CCCCCN1C(=C)CC(C(C)C)C1=C.C=CN.CC.CC(C)(C)C. The summed E-state index contributed by atoms with van der Waals surface area (Å²) in [6.45, 7) is 50.6. The number of nitrogens with two attached hydrogens (primary N) is 2. The topological polar surface area (TPSA) is 79.3 Å². The minimum absolute atomic E-state index is 0.284. The van der Waals surface area contributed by atoms with Crippen LogP contribution in [0.2, 0.25) is 5.82 Å². The lowest BCUT2D eigenvalue weighted by Gasteiger charge is -2.33. The zero-order chi connectivity index (χ0) is 39.7. The van der Waals surface area contributed by atoms with Crippen molar-refractivity contribution in [3.63, 3.8) is 0 Å². The molecule has 0 bridgehead atoms. The van der Waals surface area contributed by atoms with Crippen molar-refractivity contribution in [2.24, 2.45) is 40.6 Å². The average Bonchev–Trinajstić information content (AvgIpc) is 3.33. The first-order chi connectivity index (χ1) is 23.9. The third-order valence-corrected chi connectivity index (χ3v) is 8.62. The van der Waals surface area contributed by atoms with Crippen LogP contribution in [-0.2, 0) is 6.42 Å². The van der Waals surface area contributed by atoms with E-state index in [9.17, 15) is 0 Å². The van der Waals surface area contributed by atoms with Crippen LogP contribution in [0.15, 0.2) is 98.3 Å². The molecule has 6 N–H and O–H groups in total. The van der Waals surface area contributed by atoms with E-state index in [4.69, 9.17) is 5.73 Å². The highest BCUT2D eigenvalue weighted by Gasteiger charge is 2.31. The Bertz CT molecular complexity index is 1150. The van der Waals surface area contributed by atoms with E-state index in [-0.39, 0.29) is 5.92 Å². The van der Waals surface area contributed by atoms with Crippen LogP contribution in [0.4, 0.5) is 5.69 Å². The molecule has 1 saturated heterocycles. The maximum Gasteiger partial charge on any atom is 0.149 e. The minimum atomic E-state index is 0.284. The Hall–Kier alpha value is -3.28. The summed E-state index contributed by atoms with van der Waals surface area (Å²) in [5, 5.41) is 6.81. The predicted molar refractivity (Wildman–Crippen MR) is 233 cm³/mol. The van der Waals surface area contributed by atoms with Gasteiger partial charge >= 0.3 is 0 Å². The number of aryl methyl sites for hydroxylation is 1. The monoisotopic (exact) mass is 703 g/mol. The van der Waals surface area contributed by atoms with Crippen LogP contribution in [0.5, 0.6) is 0 Å². The summed E-state index contributed by atoms with van der Waals surface area (Å²) in [5.41, 5.74) is 18.1. The van der Waals surface area contributed by atoms with E-state index in [0.29, 0.717) is 34.8 Å². The van der Waals surface area contributed by atoms with Gasteiger partial charge in [-0.3, -0.25) is 0 Å². The molecule has 51 heavy (non-hydrogen) atoms. The van der Waals surface area contributed by atoms with Crippen LogP contribution in [-0.4, -0.2) is 25.3 Å². The fourth-order valence-corrected chi connectivity index (χ4v) is 6.01. The Labute approximate surface area is 318 Å². The largest absolute Gasteiger partial charge is 0.405 e. The van der Waals surface area contributed by atoms with Gasteiger partial charge in [-0.05, 0) is 79.7 Å². The normalized spacial score (nSPS) is 14.9. The molecule has 0 aliphatic carbocycles. The van der Waals surface area contributed by atoms with Gasteiger partial charge < -0.3 is 27.0 Å². The molecule has 1 heterocycles. The second kappa shape index (κ2) is 27.4. The molecule has 2 rings (SSSR count). The molecule has 1 aliphatic rings. The summed E-state index contributed by atoms with van der Waals surface area (Å²) in [5.74, 6) is 2.78. The molecule has 1 fully saturated rings. The summed E-state index contributed by atoms with van der Waals surface area (Å²) in [6, 6.07) is 8.69. The molecule has 0 saturated carbocycles. The van der Waals surface area contributed by atoms with Crippen molar-refractivity contribution in [1.29, 1.82) is 0 Å². The van der Waals surface area contributed by atoms with E-state index >= 15 is 0 Å². The Morgan fingerprint density at radius 3 is 1.98 bits per heavy atom. The number of allylic oxidation sites excluding steroid dienone is 4. The van der Waals surface area contributed by atoms with Gasteiger partial charge in [0, 0.05) is 41.8 Å². The van der Waals surface area contributed by atoms with Gasteiger partial charge in [-0.25, -0.2) is 0 Å². The summed E-state index contributed by atoms with van der Waals surface area (Å²) >= 11 is 0. The minimum Gasteiger partial charge on any atom is -0.405 e. The molecule has 0 aromatic heterocycles. The first-order valence-electron chi connectivity index (χ1n) is 19.6. The Balaban J connectivity index is 0. The van der Waals surface area contributed by atoms with Crippen LogP contribution in [0, 0.1) is 29.1 Å². The highest BCUT2D eigenvalue weighted by atomic mass is 15.2. The number of rotatable bonds is 20. The van der Waals surface area contributed by atoms with E-state index in [1.54, 1.807) is 0 Å². The predicted octanol–water partition coefficient (Wildman–Crippen LogP) is 12.0. The number of nitrogens with one attached hydrogen (secondary N) is 2. The van der Waals surface area contributed by atoms with E-state index in [2.05, 4.69) is 155 Å². The van der Waals surface area contributed by atoms with Gasteiger partial charge in [0.05, 0.1) is 5.82 Å². The quantitative estimate of drug-likeness (QED) is 0.0803. The van der Waals surface area contributed by atoms with Crippen LogP contribution in [0.25, 0.3) is 0 Å². The number of benzene rings is 1. The van der Waals surface area contributed by atoms with Gasteiger partial charge in [0.25, 0.3) is 0 Å². The van der Waals surface area contributed by atoms with Gasteiger partial charge in [0.2, 0.25) is 0 Å². The summed E-state index contributed by atoms with van der Waals surface area (Å²) in [6.07, 6.45) is 9.86. The molecule has 0 spiro atoms. The van der Waals surface area contributed by atoms with Crippen LogP contribution < -0.4 is 22.1 Å². The lowest BCUT2D eigenvalue weighted by Crippen LogP contribution is -2.27. The highest BCUT2D eigenvalue weighted by molar-refractivity contribution is 6.47.